The third kappa shape index (κ3) is 6.52. The first-order chi connectivity index (χ1) is 18.4. The number of hydrogen-bond acceptors (Lipinski definition) is 5. The summed E-state index contributed by atoms with van der Waals surface area (Å²) in [7, 11) is 1.62. The summed E-state index contributed by atoms with van der Waals surface area (Å²) in [6.45, 7) is -1.04. The number of alkyl halides is 5. The van der Waals surface area contributed by atoms with Gasteiger partial charge in [-0.3, -0.25) is 4.79 Å². The zero-order chi connectivity index (χ0) is 28.5. The maximum absolute atomic E-state index is 14.0. The van der Waals surface area contributed by atoms with E-state index in [9.17, 15) is 31.1 Å². The van der Waals surface area contributed by atoms with Crippen LogP contribution >= 0.6 is 11.6 Å². The number of benzene rings is 2. The van der Waals surface area contributed by atoms with Crippen molar-refractivity contribution >= 4 is 40.2 Å². The number of fused-ring (bicyclic) bond motifs is 1. The molecule has 0 bridgehead atoms. The van der Waals surface area contributed by atoms with Gasteiger partial charge in [0.2, 0.25) is 5.95 Å². The van der Waals surface area contributed by atoms with Crippen LogP contribution in [-0.4, -0.2) is 40.7 Å². The molecule has 0 atom stereocenters. The van der Waals surface area contributed by atoms with E-state index in [0.717, 1.165) is 6.07 Å². The highest BCUT2D eigenvalue weighted by Gasteiger charge is 2.41. The number of nitrogens with two attached hydrogens (primary N) is 1. The van der Waals surface area contributed by atoms with Gasteiger partial charge in [-0.05, 0) is 43.9 Å². The first-order valence-electron chi connectivity index (χ1n) is 12.1. The Kier molecular flexibility index (Phi) is 8.50. The van der Waals surface area contributed by atoms with Crippen LogP contribution in [0.2, 0.25) is 5.02 Å². The predicted octanol–water partition coefficient (Wildman–Crippen LogP) is 6.06. The van der Waals surface area contributed by atoms with Crippen molar-refractivity contribution < 1.29 is 35.9 Å². The number of hydrogen-bond donors (Lipinski definition) is 3. The second-order valence-electron chi connectivity index (χ2n) is 9.35. The highest BCUT2D eigenvalue weighted by Crippen LogP contribution is 2.38. The molecule has 0 aliphatic heterocycles. The number of halogens is 7. The smallest absolute Gasteiger partial charge is 0.391 e. The zero-order valence-corrected chi connectivity index (χ0v) is 21.5. The average Bonchev–Trinajstić information content (AvgIpc) is 3.17. The molecule has 0 radical (unpaired) electrons. The molecule has 0 saturated heterocycles. The molecule has 1 fully saturated rings. The molecule has 4 rings (SSSR count). The zero-order valence-electron chi connectivity index (χ0n) is 20.7. The highest BCUT2D eigenvalue weighted by atomic mass is 35.5. The predicted molar refractivity (Wildman–Crippen MR) is 134 cm³/mol. The van der Waals surface area contributed by atoms with E-state index in [4.69, 9.17) is 22.1 Å². The van der Waals surface area contributed by atoms with Crippen LogP contribution in [0.4, 0.5) is 38.0 Å². The molecule has 1 aliphatic carbocycles. The van der Waals surface area contributed by atoms with E-state index in [-0.39, 0.29) is 60.1 Å². The Hall–Kier alpha value is -3.19. The highest BCUT2D eigenvalue weighted by molar-refractivity contribution is 6.33. The molecular weight excluding hydrogens is 552 g/mol. The third-order valence-corrected chi connectivity index (χ3v) is 7.03. The van der Waals surface area contributed by atoms with Crippen LogP contribution in [0.5, 0.6) is 5.75 Å². The van der Waals surface area contributed by atoms with Crippen LogP contribution < -0.4 is 21.1 Å². The van der Waals surface area contributed by atoms with Crippen LogP contribution in [0.25, 0.3) is 11.0 Å². The Balaban J connectivity index is 1.62. The van der Waals surface area contributed by atoms with Crippen molar-refractivity contribution in [2.75, 3.05) is 11.9 Å². The Labute approximate surface area is 224 Å². The van der Waals surface area contributed by atoms with Crippen molar-refractivity contribution in [3.05, 3.63) is 46.2 Å². The standard InChI is InChI=1S/C25H26ClF6N5O2/c1-37-20-9-21(39-11-22(28)29)15(23(38)34-14-4-2-13(3-5-14)25(30,31)32)7-19(20)36-24(37)35-18-6-12(10-33)17(27)8-16(18)26/h6-9,13-14,22H,2-5,10-11,33H2,1H3,(H,34,38)(H,35,36). The lowest BCUT2D eigenvalue weighted by molar-refractivity contribution is -0.182. The second kappa shape index (κ2) is 11.5. The van der Waals surface area contributed by atoms with Gasteiger partial charge in [0, 0.05) is 31.3 Å². The first-order valence-corrected chi connectivity index (χ1v) is 12.5. The molecule has 1 heterocycles. The van der Waals surface area contributed by atoms with Crippen LogP contribution in [0, 0.1) is 11.7 Å². The van der Waals surface area contributed by atoms with E-state index in [1.807, 2.05) is 0 Å². The molecular formula is C25H26ClF6N5O2. The van der Waals surface area contributed by atoms with Gasteiger partial charge in [0.15, 0.2) is 0 Å². The number of ether oxygens (including phenoxy) is 1. The SMILES string of the molecule is Cn1c(Nc2cc(CN)c(F)cc2Cl)nc2cc(C(=O)NC3CCC(C(F)(F)F)CC3)c(OCC(F)F)cc21. The van der Waals surface area contributed by atoms with E-state index in [1.54, 1.807) is 11.6 Å². The van der Waals surface area contributed by atoms with Gasteiger partial charge in [-0.25, -0.2) is 18.2 Å². The summed E-state index contributed by atoms with van der Waals surface area (Å²) in [5.74, 6) is -2.55. The van der Waals surface area contributed by atoms with E-state index in [1.165, 1.54) is 18.2 Å². The van der Waals surface area contributed by atoms with Gasteiger partial charge < -0.3 is 25.7 Å². The molecule has 2 aromatic carbocycles. The summed E-state index contributed by atoms with van der Waals surface area (Å²) in [4.78, 5) is 17.6. The summed E-state index contributed by atoms with van der Waals surface area (Å²) in [5, 5.41) is 5.74. The Bertz CT molecular complexity index is 1360. The molecule has 4 N–H and O–H groups in total. The van der Waals surface area contributed by atoms with Crippen molar-refractivity contribution in [3.63, 3.8) is 0 Å². The van der Waals surface area contributed by atoms with E-state index in [0.29, 0.717) is 16.7 Å². The van der Waals surface area contributed by atoms with E-state index >= 15 is 0 Å². The maximum atomic E-state index is 14.0. The minimum atomic E-state index is -4.29. The van der Waals surface area contributed by atoms with Gasteiger partial charge in [0.05, 0.1) is 33.2 Å². The van der Waals surface area contributed by atoms with Crippen molar-refractivity contribution in [1.29, 1.82) is 0 Å². The third-order valence-electron chi connectivity index (χ3n) is 6.72. The van der Waals surface area contributed by atoms with Crippen LogP contribution in [0.1, 0.15) is 41.6 Å². The van der Waals surface area contributed by atoms with Gasteiger partial charge in [0.1, 0.15) is 18.2 Å². The Morgan fingerprint density at radius 1 is 1.21 bits per heavy atom. The quantitative estimate of drug-likeness (QED) is 0.283. The number of aromatic nitrogens is 2. The normalized spacial score (nSPS) is 18.0. The fourth-order valence-electron chi connectivity index (χ4n) is 4.58. The maximum Gasteiger partial charge on any atom is 0.391 e. The summed E-state index contributed by atoms with van der Waals surface area (Å²) in [5.41, 5.74) is 6.73. The molecule has 1 aromatic heterocycles. The number of aryl methyl sites for hydroxylation is 1. The van der Waals surface area contributed by atoms with Gasteiger partial charge in [-0.2, -0.15) is 13.2 Å². The molecule has 0 spiro atoms. The van der Waals surface area contributed by atoms with Gasteiger partial charge in [-0.1, -0.05) is 11.6 Å². The fourth-order valence-corrected chi connectivity index (χ4v) is 4.77. The topological polar surface area (TPSA) is 94.2 Å². The number of nitrogens with zero attached hydrogens (tertiary/aromatic N) is 2. The summed E-state index contributed by atoms with van der Waals surface area (Å²) < 4.78 is 85.6. The van der Waals surface area contributed by atoms with Crippen molar-refractivity contribution in [2.45, 2.75) is 50.9 Å². The van der Waals surface area contributed by atoms with Gasteiger partial charge >= 0.3 is 6.18 Å². The van der Waals surface area contributed by atoms with Crippen LogP contribution in [0.3, 0.4) is 0 Å². The molecule has 39 heavy (non-hydrogen) atoms. The number of anilines is 2. The van der Waals surface area contributed by atoms with Gasteiger partial charge in [-0.15, -0.1) is 0 Å². The number of carbonyl (C=O) groups excluding carboxylic acids is 1. The van der Waals surface area contributed by atoms with Crippen LogP contribution in [-0.2, 0) is 13.6 Å². The minimum absolute atomic E-state index is 0.0676. The lowest BCUT2D eigenvalue weighted by atomic mass is 9.85. The molecule has 1 saturated carbocycles. The summed E-state index contributed by atoms with van der Waals surface area (Å²) >= 11 is 6.16. The molecule has 7 nitrogen and oxygen atoms in total. The largest absolute Gasteiger partial charge is 0.487 e. The molecule has 0 unspecified atom stereocenters. The average molecular weight is 578 g/mol. The fraction of sp³-hybridized carbons (Fsp3) is 0.440. The lowest BCUT2D eigenvalue weighted by Crippen LogP contribution is -2.40. The number of carbonyl (C=O) groups is 1. The minimum Gasteiger partial charge on any atom is -0.487 e. The first kappa shape index (κ1) is 28.8. The molecule has 14 heteroatoms. The summed E-state index contributed by atoms with van der Waals surface area (Å²) in [6.07, 6.45) is -7.07. The van der Waals surface area contributed by atoms with Crippen molar-refractivity contribution in [2.24, 2.45) is 18.7 Å². The monoisotopic (exact) mass is 577 g/mol. The Morgan fingerprint density at radius 3 is 2.51 bits per heavy atom. The molecule has 1 aliphatic rings. The number of rotatable bonds is 8. The Morgan fingerprint density at radius 2 is 1.90 bits per heavy atom. The number of nitrogens with one attached hydrogen (secondary N) is 2. The molecule has 212 valence electrons. The summed E-state index contributed by atoms with van der Waals surface area (Å²) in [6, 6.07) is 4.77. The second-order valence-corrected chi connectivity index (χ2v) is 9.76. The number of imidazole rings is 1. The molecule has 3 aromatic rings. The van der Waals surface area contributed by atoms with Crippen molar-refractivity contribution in [3.8, 4) is 5.75 Å². The van der Waals surface area contributed by atoms with E-state index < -0.39 is 42.9 Å². The lowest BCUT2D eigenvalue weighted by Gasteiger charge is -2.30. The van der Waals surface area contributed by atoms with Crippen molar-refractivity contribution in [1.82, 2.24) is 14.9 Å². The molecule has 1 amide bonds. The van der Waals surface area contributed by atoms with Gasteiger partial charge in [0.25, 0.3) is 12.3 Å². The van der Waals surface area contributed by atoms with Crippen LogP contribution in [0.15, 0.2) is 24.3 Å². The number of amides is 1. The van der Waals surface area contributed by atoms with E-state index in [2.05, 4.69) is 15.6 Å².